The lowest BCUT2D eigenvalue weighted by Gasteiger charge is -2.14. The van der Waals surface area contributed by atoms with Crippen LogP contribution in [0.1, 0.15) is 19.8 Å². The van der Waals surface area contributed by atoms with Gasteiger partial charge in [-0.15, -0.1) is 0 Å². The number of hydrogen-bond donors (Lipinski definition) is 1. The van der Waals surface area contributed by atoms with Crippen molar-refractivity contribution in [3.8, 4) is 0 Å². The zero-order valence-corrected chi connectivity index (χ0v) is 7.16. The largest absolute Gasteiger partial charge is 0.327 e. The molecule has 1 aliphatic rings. The molecule has 62 valence electrons. The summed E-state index contributed by atoms with van der Waals surface area (Å²) in [5.41, 5.74) is 5.92. The molecule has 1 aliphatic carbocycles. The van der Waals surface area contributed by atoms with E-state index in [1.165, 1.54) is 12.8 Å². The summed E-state index contributed by atoms with van der Waals surface area (Å²) in [6.45, 7) is 5.91. The molecule has 0 aliphatic heterocycles. The Labute approximate surface area is 69.0 Å². The molecule has 0 bridgehead atoms. The number of hydrogen-bond acceptors (Lipinski definition) is 1. The van der Waals surface area contributed by atoms with Crippen LogP contribution in [0.5, 0.6) is 0 Å². The Kier molecular flexibility index (Phi) is 2.89. The van der Waals surface area contributed by atoms with Crippen molar-refractivity contribution >= 4 is 0 Å². The van der Waals surface area contributed by atoms with Gasteiger partial charge in [0.05, 0.1) is 0 Å². The molecule has 0 saturated heterocycles. The fourth-order valence-corrected chi connectivity index (χ4v) is 1.80. The van der Waals surface area contributed by atoms with Crippen molar-refractivity contribution in [2.75, 3.05) is 0 Å². The summed E-state index contributed by atoms with van der Waals surface area (Å²) in [4.78, 5) is 0. The van der Waals surface area contributed by atoms with Gasteiger partial charge in [0.25, 0.3) is 0 Å². The summed E-state index contributed by atoms with van der Waals surface area (Å²) in [6, 6.07) is 0.376. The smallest absolute Gasteiger partial charge is 0.0105 e. The molecule has 2 unspecified atom stereocenters. The monoisotopic (exact) mass is 151 g/mol. The van der Waals surface area contributed by atoms with Crippen molar-refractivity contribution in [3.63, 3.8) is 0 Å². The van der Waals surface area contributed by atoms with E-state index < -0.39 is 0 Å². The fourth-order valence-electron chi connectivity index (χ4n) is 1.80. The molecule has 0 aromatic rings. The van der Waals surface area contributed by atoms with E-state index in [-0.39, 0.29) is 0 Å². The molecule has 0 spiro atoms. The van der Waals surface area contributed by atoms with Gasteiger partial charge in [-0.1, -0.05) is 31.7 Å². The van der Waals surface area contributed by atoms with Gasteiger partial charge in [-0.3, -0.25) is 0 Å². The zero-order valence-electron chi connectivity index (χ0n) is 7.16. The molecule has 0 radical (unpaired) electrons. The first kappa shape index (κ1) is 8.54. The van der Waals surface area contributed by atoms with Gasteiger partial charge >= 0.3 is 0 Å². The predicted octanol–water partition coefficient (Wildman–Crippen LogP) is 2.10. The van der Waals surface area contributed by atoms with Gasteiger partial charge < -0.3 is 5.73 Å². The molecule has 0 amide bonds. The summed E-state index contributed by atoms with van der Waals surface area (Å²) in [5, 5.41) is 0. The SMILES string of the molecule is C=C/C=C\C1C(C)CC[C@H]1N. The van der Waals surface area contributed by atoms with E-state index in [1.54, 1.807) is 0 Å². The lowest BCUT2D eigenvalue weighted by molar-refractivity contribution is 0.469. The number of allylic oxidation sites excluding steroid dienone is 2. The maximum absolute atomic E-state index is 5.92. The highest BCUT2D eigenvalue weighted by Crippen LogP contribution is 2.31. The second-order valence-electron chi connectivity index (χ2n) is 3.42. The van der Waals surface area contributed by atoms with Crippen molar-refractivity contribution in [3.05, 3.63) is 24.8 Å². The molecule has 0 heterocycles. The van der Waals surface area contributed by atoms with E-state index in [2.05, 4.69) is 19.6 Å². The van der Waals surface area contributed by atoms with Crippen LogP contribution in [-0.4, -0.2) is 6.04 Å². The Morgan fingerprint density at radius 2 is 2.18 bits per heavy atom. The highest BCUT2D eigenvalue weighted by molar-refractivity contribution is 5.05. The van der Waals surface area contributed by atoms with E-state index in [0.29, 0.717) is 12.0 Å². The van der Waals surface area contributed by atoms with Crippen LogP contribution >= 0.6 is 0 Å². The molecule has 1 nitrogen and oxygen atoms in total. The minimum Gasteiger partial charge on any atom is -0.327 e. The summed E-state index contributed by atoms with van der Waals surface area (Å²) in [5.74, 6) is 1.33. The highest BCUT2D eigenvalue weighted by Gasteiger charge is 2.27. The minimum absolute atomic E-state index is 0.376. The molecule has 11 heavy (non-hydrogen) atoms. The Morgan fingerprint density at radius 1 is 1.45 bits per heavy atom. The molecule has 0 aromatic heterocycles. The number of nitrogens with two attached hydrogens (primary N) is 1. The van der Waals surface area contributed by atoms with E-state index in [4.69, 9.17) is 5.73 Å². The van der Waals surface area contributed by atoms with E-state index in [1.807, 2.05) is 12.2 Å². The zero-order chi connectivity index (χ0) is 8.27. The summed E-state index contributed by atoms with van der Waals surface area (Å²) >= 11 is 0. The topological polar surface area (TPSA) is 26.0 Å². The first-order valence-corrected chi connectivity index (χ1v) is 4.30. The first-order chi connectivity index (χ1) is 5.25. The summed E-state index contributed by atoms with van der Waals surface area (Å²) in [6.07, 6.45) is 8.46. The molecule has 1 heteroatoms. The van der Waals surface area contributed by atoms with Gasteiger partial charge in [0.2, 0.25) is 0 Å². The lowest BCUT2D eigenvalue weighted by atomic mass is 9.95. The highest BCUT2D eigenvalue weighted by atomic mass is 14.7. The van der Waals surface area contributed by atoms with Gasteiger partial charge in [-0.2, -0.15) is 0 Å². The van der Waals surface area contributed by atoms with Gasteiger partial charge in [0.15, 0.2) is 0 Å². The molecular weight excluding hydrogens is 134 g/mol. The molecule has 1 saturated carbocycles. The van der Waals surface area contributed by atoms with Gasteiger partial charge in [0, 0.05) is 6.04 Å². The van der Waals surface area contributed by atoms with Crippen LogP contribution in [-0.2, 0) is 0 Å². The van der Waals surface area contributed by atoms with Gasteiger partial charge in [-0.05, 0) is 24.7 Å². The molecule has 3 atom stereocenters. The molecule has 2 N–H and O–H groups in total. The van der Waals surface area contributed by atoms with Crippen molar-refractivity contribution in [2.45, 2.75) is 25.8 Å². The number of rotatable bonds is 2. The van der Waals surface area contributed by atoms with E-state index in [9.17, 15) is 0 Å². The normalized spacial score (nSPS) is 38.2. The van der Waals surface area contributed by atoms with Crippen molar-refractivity contribution < 1.29 is 0 Å². The lowest BCUT2D eigenvalue weighted by Crippen LogP contribution is -2.25. The molecule has 0 aromatic carbocycles. The minimum atomic E-state index is 0.376. The van der Waals surface area contributed by atoms with Crippen LogP contribution in [0.25, 0.3) is 0 Å². The van der Waals surface area contributed by atoms with Crippen LogP contribution in [0.3, 0.4) is 0 Å². The second-order valence-corrected chi connectivity index (χ2v) is 3.42. The third-order valence-corrected chi connectivity index (χ3v) is 2.58. The van der Waals surface area contributed by atoms with Gasteiger partial charge in [0.1, 0.15) is 0 Å². The van der Waals surface area contributed by atoms with E-state index in [0.717, 1.165) is 5.92 Å². The average molecular weight is 151 g/mol. The molecule has 1 rings (SSSR count). The van der Waals surface area contributed by atoms with Crippen molar-refractivity contribution in [1.82, 2.24) is 0 Å². The molecule has 1 fully saturated rings. The van der Waals surface area contributed by atoms with Crippen molar-refractivity contribution in [2.24, 2.45) is 17.6 Å². The Bertz CT molecular complexity index is 150. The second kappa shape index (κ2) is 3.72. The van der Waals surface area contributed by atoms with Crippen molar-refractivity contribution in [1.29, 1.82) is 0 Å². The van der Waals surface area contributed by atoms with Gasteiger partial charge in [-0.25, -0.2) is 0 Å². The van der Waals surface area contributed by atoms with Crippen LogP contribution in [0.15, 0.2) is 24.8 Å². The summed E-state index contributed by atoms with van der Waals surface area (Å²) in [7, 11) is 0. The van der Waals surface area contributed by atoms with Crippen LogP contribution in [0, 0.1) is 11.8 Å². The third-order valence-electron chi connectivity index (χ3n) is 2.58. The van der Waals surface area contributed by atoms with Crippen LogP contribution in [0.4, 0.5) is 0 Å². The third kappa shape index (κ3) is 1.93. The Hall–Kier alpha value is -0.560. The summed E-state index contributed by atoms with van der Waals surface area (Å²) < 4.78 is 0. The quantitative estimate of drug-likeness (QED) is 0.601. The average Bonchev–Trinajstić information content (AvgIpc) is 2.29. The predicted molar refractivity (Wildman–Crippen MR) is 49.2 cm³/mol. The van der Waals surface area contributed by atoms with Crippen LogP contribution < -0.4 is 5.73 Å². The maximum atomic E-state index is 5.92. The fraction of sp³-hybridized carbons (Fsp3) is 0.600. The standard InChI is InChI=1S/C10H17N/c1-3-4-5-9-8(2)6-7-10(9)11/h3-5,8-10H,1,6-7,11H2,2H3/b5-4-/t8?,9?,10-/m1/s1. The Morgan fingerprint density at radius 3 is 2.64 bits per heavy atom. The van der Waals surface area contributed by atoms with Crippen LogP contribution in [0.2, 0.25) is 0 Å². The Balaban J connectivity index is 2.53. The molecular formula is C10H17N. The van der Waals surface area contributed by atoms with E-state index >= 15 is 0 Å². The first-order valence-electron chi connectivity index (χ1n) is 4.30. The maximum Gasteiger partial charge on any atom is 0.0105 e.